The number of rotatable bonds is 5. The molecule has 118 valence electrons. The van der Waals surface area contributed by atoms with Gasteiger partial charge in [-0.25, -0.2) is 13.4 Å². The second kappa shape index (κ2) is 6.83. The predicted molar refractivity (Wildman–Crippen MR) is 82.5 cm³/mol. The molecule has 1 N–H and O–H groups in total. The maximum absolute atomic E-state index is 12.7. The quantitative estimate of drug-likeness (QED) is 0.858. The van der Waals surface area contributed by atoms with Crippen LogP contribution in [0.4, 0.5) is 0 Å². The lowest BCUT2D eigenvalue weighted by atomic mass is 10.2. The maximum atomic E-state index is 12.7. The molecule has 1 saturated heterocycles. The summed E-state index contributed by atoms with van der Waals surface area (Å²) in [5, 5.41) is 3.33. The van der Waals surface area contributed by atoms with E-state index in [9.17, 15) is 8.42 Å². The third-order valence-corrected chi connectivity index (χ3v) is 5.65. The fourth-order valence-corrected chi connectivity index (χ4v) is 4.07. The van der Waals surface area contributed by atoms with Crippen molar-refractivity contribution in [3.63, 3.8) is 0 Å². The molecule has 1 aromatic rings. The average molecular weight is 312 g/mol. The van der Waals surface area contributed by atoms with Crippen LogP contribution in [0, 0.1) is 0 Å². The molecule has 0 spiro atoms. The van der Waals surface area contributed by atoms with Crippen LogP contribution in [0.3, 0.4) is 0 Å². The van der Waals surface area contributed by atoms with Gasteiger partial charge in [-0.1, -0.05) is 13.0 Å². The summed E-state index contributed by atoms with van der Waals surface area (Å²) in [6.45, 7) is 7.56. The Balaban J connectivity index is 2.15. The SMILES string of the molecule is CCNCc1ccc(S(=O)(=O)N2CCN(C)CC2C)nc1. The Kier molecular flexibility index (Phi) is 5.32. The van der Waals surface area contributed by atoms with Crippen LogP contribution < -0.4 is 5.32 Å². The molecule has 1 unspecified atom stereocenters. The first-order valence-corrected chi connectivity index (χ1v) is 8.75. The number of hydrogen-bond acceptors (Lipinski definition) is 5. The molecule has 2 rings (SSSR count). The highest BCUT2D eigenvalue weighted by Gasteiger charge is 2.33. The summed E-state index contributed by atoms with van der Waals surface area (Å²) in [6, 6.07) is 3.40. The smallest absolute Gasteiger partial charge is 0.260 e. The van der Waals surface area contributed by atoms with Gasteiger partial charge in [0.15, 0.2) is 5.03 Å². The zero-order valence-corrected chi connectivity index (χ0v) is 13.7. The summed E-state index contributed by atoms with van der Waals surface area (Å²) in [5.41, 5.74) is 0.988. The fraction of sp³-hybridized carbons (Fsp3) is 0.643. The maximum Gasteiger partial charge on any atom is 0.260 e. The summed E-state index contributed by atoms with van der Waals surface area (Å²) in [6.07, 6.45) is 1.64. The van der Waals surface area contributed by atoms with Gasteiger partial charge >= 0.3 is 0 Å². The Morgan fingerprint density at radius 2 is 2.14 bits per heavy atom. The highest BCUT2D eigenvalue weighted by Crippen LogP contribution is 2.19. The van der Waals surface area contributed by atoms with E-state index < -0.39 is 10.0 Å². The third kappa shape index (κ3) is 3.79. The van der Waals surface area contributed by atoms with Crippen LogP contribution in [0.15, 0.2) is 23.4 Å². The molecule has 1 aliphatic heterocycles. The van der Waals surface area contributed by atoms with Gasteiger partial charge in [0.2, 0.25) is 0 Å². The van der Waals surface area contributed by atoms with E-state index >= 15 is 0 Å². The molecule has 1 atom stereocenters. The molecule has 1 fully saturated rings. The molecular formula is C14H24N4O2S. The molecule has 7 heteroatoms. The molecule has 0 amide bonds. The van der Waals surface area contributed by atoms with E-state index in [0.29, 0.717) is 13.1 Å². The molecule has 0 aliphatic carbocycles. The lowest BCUT2D eigenvalue weighted by Crippen LogP contribution is -2.52. The number of sulfonamides is 1. The van der Waals surface area contributed by atoms with E-state index in [1.54, 1.807) is 16.6 Å². The summed E-state index contributed by atoms with van der Waals surface area (Å²) < 4.78 is 26.9. The summed E-state index contributed by atoms with van der Waals surface area (Å²) in [4.78, 5) is 6.29. The van der Waals surface area contributed by atoms with Crippen LogP contribution in [-0.4, -0.2) is 61.9 Å². The number of nitrogens with one attached hydrogen (secondary N) is 1. The minimum absolute atomic E-state index is 0.0306. The zero-order valence-electron chi connectivity index (χ0n) is 12.9. The van der Waals surface area contributed by atoms with Crippen LogP contribution in [-0.2, 0) is 16.6 Å². The van der Waals surface area contributed by atoms with Crippen molar-refractivity contribution in [1.29, 1.82) is 0 Å². The molecule has 0 radical (unpaired) electrons. The first kappa shape index (κ1) is 16.4. The van der Waals surface area contributed by atoms with E-state index in [1.807, 2.05) is 27.0 Å². The van der Waals surface area contributed by atoms with Gasteiger partial charge in [0.1, 0.15) is 0 Å². The van der Waals surface area contributed by atoms with Crippen LogP contribution >= 0.6 is 0 Å². The van der Waals surface area contributed by atoms with Gasteiger partial charge in [-0.05, 0) is 32.1 Å². The van der Waals surface area contributed by atoms with Gasteiger partial charge in [0.05, 0.1) is 0 Å². The first-order valence-electron chi connectivity index (χ1n) is 7.31. The Labute approximate surface area is 127 Å². The lowest BCUT2D eigenvalue weighted by molar-refractivity contribution is 0.170. The average Bonchev–Trinajstić information content (AvgIpc) is 2.45. The van der Waals surface area contributed by atoms with Gasteiger partial charge in [-0.3, -0.25) is 0 Å². The van der Waals surface area contributed by atoms with E-state index in [1.165, 1.54) is 0 Å². The van der Waals surface area contributed by atoms with Crippen LogP contribution in [0.1, 0.15) is 19.4 Å². The highest BCUT2D eigenvalue weighted by molar-refractivity contribution is 7.89. The van der Waals surface area contributed by atoms with Gasteiger partial charge < -0.3 is 10.2 Å². The molecule has 21 heavy (non-hydrogen) atoms. The van der Waals surface area contributed by atoms with Crippen LogP contribution in [0.5, 0.6) is 0 Å². The molecule has 0 aromatic carbocycles. The standard InChI is InChI=1S/C14H24N4O2S/c1-4-15-9-13-5-6-14(16-10-13)21(19,20)18-8-7-17(3)11-12(18)2/h5-6,10,12,15H,4,7-9,11H2,1-3H3. The number of likely N-dealkylation sites (N-methyl/N-ethyl adjacent to an activating group) is 1. The van der Waals surface area contributed by atoms with E-state index in [-0.39, 0.29) is 11.1 Å². The Hall–Kier alpha value is -1.02. The van der Waals surface area contributed by atoms with E-state index in [2.05, 4.69) is 15.2 Å². The molecule has 2 heterocycles. The topological polar surface area (TPSA) is 65.5 Å². The number of hydrogen-bond donors (Lipinski definition) is 1. The Morgan fingerprint density at radius 1 is 1.38 bits per heavy atom. The zero-order chi connectivity index (χ0) is 15.5. The molecule has 6 nitrogen and oxygen atoms in total. The van der Waals surface area contributed by atoms with Crippen molar-refractivity contribution in [3.8, 4) is 0 Å². The summed E-state index contributed by atoms with van der Waals surface area (Å²) in [5.74, 6) is 0. The largest absolute Gasteiger partial charge is 0.313 e. The number of aromatic nitrogens is 1. The van der Waals surface area contributed by atoms with E-state index in [0.717, 1.165) is 25.2 Å². The van der Waals surface area contributed by atoms with E-state index in [4.69, 9.17) is 0 Å². The van der Waals surface area contributed by atoms with Crippen molar-refractivity contribution in [2.24, 2.45) is 0 Å². The first-order chi connectivity index (χ1) is 9.95. The van der Waals surface area contributed by atoms with Gasteiger partial charge in [-0.15, -0.1) is 0 Å². The molecule has 1 aliphatic rings. The van der Waals surface area contributed by atoms with Crippen molar-refractivity contribution < 1.29 is 8.42 Å². The van der Waals surface area contributed by atoms with Gasteiger partial charge in [0.25, 0.3) is 10.0 Å². The van der Waals surface area contributed by atoms with Crippen molar-refractivity contribution >= 4 is 10.0 Å². The minimum atomic E-state index is -3.50. The summed E-state index contributed by atoms with van der Waals surface area (Å²) >= 11 is 0. The predicted octanol–water partition coefficient (Wildman–Crippen LogP) is 0.516. The van der Waals surface area contributed by atoms with Gasteiger partial charge in [-0.2, -0.15) is 4.31 Å². The lowest BCUT2D eigenvalue weighted by Gasteiger charge is -2.36. The van der Waals surface area contributed by atoms with Gasteiger partial charge in [0, 0.05) is 38.4 Å². The molecule has 1 aromatic heterocycles. The summed E-state index contributed by atoms with van der Waals surface area (Å²) in [7, 11) is -1.49. The monoisotopic (exact) mass is 312 g/mol. The number of piperazine rings is 1. The van der Waals surface area contributed by atoms with Crippen molar-refractivity contribution in [3.05, 3.63) is 23.9 Å². The molecular weight excluding hydrogens is 288 g/mol. The number of pyridine rings is 1. The van der Waals surface area contributed by atoms with Crippen LogP contribution in [0.25, 0.3) is 0 Å². The highest BCUT2D eigenvalue weighted by atomic mass is 32.2. The normalized spacial score (nSPS) is 21.6. The van der Waals surface area contributed by atoms with Crippen molar-refractivity contribution in [1.82, 2.24) is 19.5 Å². The Morgan fingerprint density at radius 3 is 2.71 bits per heavy atom. The number of nitrogens with zero attached hydrogens (tertiary/aromatic N) is 3. The second-order valence-corrected chi connectivity index (χ2v) is 7.35. The molecule has 0 bridgehead atoms. The van der Waals surface area contributed by atoms with Crippen molar-refractivity contribution in [2.75, 3.05) is 33.2 Å². The molecule has 0 saturated carbocycles. The van der Waals surface area contributed by atoms with Crippen LogP contribution in [0.2, 0.25) is 0 Å². The Bertz CT molecular complexity index is 559. The minimum Gasteiger partial charge on any atom is -0.313 e. The third-order valence-electron chi connectivity index (χ3n) is 3.72. The second-order valence-electron chi connectivity index (χ2n) is 5.51. The fourth-order valence-electron chi connectivity index (χ4n) is 2.54. The van der Waals surface area contributed by atoms with Crippen molar-refractivity contribution in [2.45, 2.75) is 31.5 Å².